The number of carbonyl (C=O) groups is 1. The maximum atomic E-state index is 13.4. The molecular formula is C24H24FN7O. The normalized spacial score (nSPS) is 10.9. The molecule has 0 spiro atoms. The summed E-state index contributed by atoms with van der Waals surface area (Å²) >= 11 is 0. The van der Waals surface area contributed by atoms with Crippen LogP contribution in [-0.2, 0) is 0 Å². The second kappa shape index (κ2) is 9.07. The van der Waals surface area contributed by atoms with Gasteiger partial charge < -0.3 is 21.4 Å². The number of nitrogens with two attached hydrogens (primary N) is 1. The molecular weight excluding hydrogens is 421 g/mol. The highest BCUT2D eigenvalue weighted by molar-refractivity contribution is 6.05. The molecule has 1 amide bonds. The molecule has 9 heteroatoms. The summed E-state index contributed by atoms with van der Waals surface area (Å²) in [5.41, 5.74) is 10.2. The van der Waals surface area contributed by atoms with E-state index in [0.717, 1.165) is 28.5 Å². The Labute approximate surface area is 190 Å². The van der Waals surface area contributed by atoms with E-state index in [1.54, 1.807) is 30.5 Å². The third-order valence-corrected chi connectivity index (χ3v) is 5.04. The molecule has 0 atom stereocenters. The van der Waals surface area contributed by atoms with Crippen LogP contribution < -0.4 is 16.4 Å². The first-order valence-corrected chi connectivity index (χ1v) is 10.4. The van der Waals surface area contributed by atoms with Crippen LogP contribution in [0.3, 0.4) is 0 Å². The minimum absolute atomic E-state index is 0.226. The number of anilines is 4. The van der Waals surface area contributed by atoms with Crippen LogP contribution in [0.25, 0.3) is 11.3 Å². The number of aryl methyl sites for hydroxylation is 1. The SMILES string of the molecule is Cc1nc(-c2cnnc(Nc3ccc(C(=O)Nc4cc(F)ccc4N)cc3)c2)c(C(C)C)[nH]1. The number of amides is 1. The van der Waals surface area contributed by atoms with Crippen LogP contribution in [0, 0.1) is 12.7 Å². The molecule has 0 aliphatic rings. The summed E-state index contributed by atoms with van der Waals surface area (Å²) in [7, 11) is 0. The van der Waals surface area contributed by atoms with Crippen LogP contribution in [0.5, 0.6) is 0 Å². The van der Waals surface area contributed by atoms with E-state index in [2.05, 4.69) is 44.6 Å². The molecule has 0 radical (unpaired) electrons. The van der Waals surface area contributed by atoms with E-state index in [1.807, 2.05) is 13.0 Å². The highest BCUT2D eigenvalue weighted by Gasteiger charge is 2.15. The van der Waals surface area contributed by atoms with E-state index in [4.69, 9.17) is 5.73 Å². The van der Waals surface area contributed by atoms with E-state index in [1.165, 1.54) is 18.2 Å². The van der Waals surface area contributed by atoms with Gasteiger partial charge in [0.25, 0.3) is 5.91 Å². The lowest BCUT2D eigenvalue weighted by molar-refractivity contribution is 0.102. The summed E-state index contributed by atoms with van der Waals surface area (Å²) in [5.74, 6) is 0.803. The zero-order chi connectivity index (χ0) is 23.5. The van der Waals surface area contributed by atoms with Crippen LogP contribution in [0.1, 0.15) is 41.6 Å². The third-order valence-electron chi connectivity index (χ3n) is 5.04. The van der Waals surface area contributed by atoms with Crippen LogP contribution >= 0.6 is 0 Å². The van der Waals surface area contributed by atoms with Crippen molar-refractivity contribution in [2.45, 2.75) is 26.7 Å². The molecule has 0 unspecified atom stereocenters. The summed E-state index contributed by atoms with van der Waals surface area (Å²) < 4.78 is 13.4. The molecule has 2 aromatic carbocycles. The molecule has 2 aromatic heterocycles. The Morgan fingerprint density at radius 1 is 1.12 bits per heavy atom. The number of rotatable bonds is 6. The molecule has 5 N–H and O–H groups in total. The summed E-state index contributed by atoms with van der Waals surface area (Å²) in [5, 5.41) is 14.1. The number of aromatic nitrogens is 4. The monoisotopic (exact) mass is 445 g/mol. The van der Waals surface area contributed by atoms with Gasteiger partial charge in [0.15, 0.2) is 5.82 Å². The predicted octanol–water partition coefficient (Wildman–Crippen LogP) is 5.02. The highest BCUT2D eigenvalue weighted by Crippen LogP contribution is 2.28. The molecule has 0 saturated carbocycles. The minimum Gasteiger partial charge on any atom is -0.397 e. The number of hydrogen-bond acceptors (Lipinski definition) is 6. The van der Waals surface area contributed by atoms with E-state index >= 15 is 0 Å². The number of nitrogens with one attached hydrogen (secondary N) is 3. The maximum absolute atomic E-state index is 13.4. The lowest BCUT2D eigenvalue weighted by atomic mass is 10.1. The topological polar surface area (TPSA) is 122 Å². The maximum Gasteiger partial charge on any atom is 0.255 e. The highest BCUT2D eigenvalue weighted by atomic mass is 19.1. The fourth-order valence-corrected chi connectivity index (χ4v) is 3.39. The number of H-pyrrole nitrogens is 1. The van der Waals surface area contributed by atoms with Gasteiger partial charge >= 0.3 is 0 Å². The van der Waals surface area contributed by atoms with Gasteiger partial charge in [-0.05, 0) is 61.4 Å². The summed E-state index contributed by atoms with van der Waals surface area (Å²) in [6.07, 6.45) is 1.68. The molecule has 168 valence electrons. The van der Waals surface area contributed by atoms with E-state index in [-0.39, 0.29) is 17.3 Å². The first-order valence-electron chi connectivity index (χ1n) is 10.4. The number of carbonyl (C=O) groups excluding carboxylic acids is 1. The summed E-state index contributed by atoms with van der Waals surface area (Å²) in [6, 6.07) is 12.5. The van der Waals surface area contributed by atoms with Gasteiger partial charge in [0.05, 0.1) is 23.3 Å². The fraction of sp³-hybridized carbons (Fsp3) is 0.167. The van der Waals surface area contributed by atoms with Crippen molar-refractivity contribution in [3.05, 3.63) is 77.6 Å². The Morgan fingerprint density at radius 2 is 1.88 bits per heavy atom. The molecule has 4 aromatic rings. The zero-order valence-electron chi connectivity index (χ0n) is 18.5. The van der Waals surface area contributed by atoms with Gasteiger partial charge in [-0.3, -0.25) is 4.79 Å². The first kappa shape index (κ1) is 21.9. The molecule has 0 fully saturated rings. The van der Waals surface area contributed by atoms with Crippen LogP contribution in [0.4, 0.5) is 27.3 Å². The van der Waals surface area contributed by atoms with Gasteiger partial charge in [-0.1, -0.05) is 13.8 Å². The van der Waals surface area contributed by atoms with Crippen molar-refractivity contribution in [3.8, 4) is 11.3 Å². The average Bonchev–Trinajstić information content (AvgIpc) is 3.19. The number of nitrogen functional groups attached to an aromatic ring is 1. The van der Waals surface area contributed by atoms with E-state index in [9.17, 15) is 9.18 Å². The number of nitrogens with zero attached hydrogens (tertiary/aromatic N) is 3. The molecule has 8 nitrogen and oxygen atoms in total. The van der Waals surface area contributed by atoms with Gasteiger partial charge in [0, 0.05) is 22.5 Å². The Morgan fingerprint density at radius 3 is 2.61 bits per heavy atom. The fourth-order valence-electron chi connectivity index (χ4n) is 3.39. The predicted molar refractivity (Wildman–Crippen MR) is 127 cm³/mol. The second-order valence-corrected chi connectivity index (χ2v) is 7.96. The third kappa shape index (κ3) is 4.98. The summed E-state index contributed by atoms with van der Waals surface area (Å²) in [6.45, 7) is 6.12. The van der Waals surface area contributed by atoms with Gasteiger partial charge in [-0.15, -0.1) is 5.10 Å². The molecule has 0 saturated heterocycles. The van der Waals surface area contributed by atoms with Gasteiger partial charge in [-0.25, -0.2) is 9.37 Å². The molecule has 0 aliphatic carbocycles. The van der Waals surface area contributed by atoms with Crippen molar-refractivity contribution < 1.29 is 9.18 Å². The number of benzene rings is 2. The van der Waals surface area contributed by atoms with Crippen LogP contribution in [0.15, 0.2) is 54.7 Å². The second-order valence-electron chi connectivity index (χ2n) is 7.96. The number of hydrogen-bond donors (Lipinski definition) is 4. The quantitative estimate of drug-likeness (QED) is 0.309. The number of imidazole rings is 1. The number of halogens is 1. The van der Waals surface area contributed by atoms with Crippen molar-refractivity contribution in [1.29, 1.82) is 0 Å². The lowest BCUT2D eigenvalue weighted by Crippen LogP contribution is -2.13. The molecule has 2 heterocycles. The van der Waals surface area contributed by atoms with Crippen molar-refractivity contribution in [3.63, 3.8) is 0 Å². The first-order chi connectivity index (χ1) is 15.8. The summed E-state index contributed by atoms with van der Waals surface area (Å²) in [4.78, 5) is 20.4. The van der Waals surface area contributed by atoms with Crippen molar-refractivity contribution in [2.24, 2.45) is 0 Å². The van der Waals surface area contributed by atoms with E-state index < -0.39 is 11.7 Å². The zero-order valence-corrected chi connectivity index (χ0v) is 18.5. The molecule has 0 aliphatic heterocycles. The Balaban J connectivity index is 1.49. The Kier molecular flexibility index (Phi) is 6.03. The molecule has 33 heavy (non-hydrogen) atoms. The smallest absolute Gasteiger partial charge is 0.255 e. The van der Waals surface area contributed by atoms with Gasteiger partial charge in [0.2, 0.25) is 0 Å². The van der Waals surface area contributed by atoms with Crippen molar-refractivity contribution in [2.75, 3.05) is 16.4 Å². The lowest BCUT2D eigenvalue weighted by Gasteiger charge is -2.10. The average molecular weight is 446 g/mol. The van der Waals surface area contributed by atoms with Crippen molar-refractivity contribution >= 4 is 28.8 Å². The Bertz CT molecular complexity index is 1300. The number of aromatic amines is 1. The van der Waals surface area contributed by atoms with Crippen LogP contribution in [-0.4, -0.2) is 26.1 Å². The standard InChI is InChI=1S/C24H24FN7O/c1-13(2)22-23(29-14(3)28-22)16-10-21(32-27-12-16)30-18-7-4-15(5-8-18)24(33)31-20-11-17(25)6-9-19(20)26/h4-13H,26H2,1-3H3,(H,28,29)(H,30,32)(H,31,33). The van der Waals surface area contributed by atoms with Gasteiger partial charge in [-0.2, -0.15) is 5.10 Å². The molecule has 4 rings (SSSR count). The molecule has 0 bridgehead atoms. The Hall–Kier alpha value is -4.27. The van der Waals surface area contributed by atoms with Crippen molar-refractivity contribution in [1.82, 2.24) is 20.2 Å². The minimum atomic E-state index is -0.479. The van der Waals surface area contributed by atoms with Crippen LogP contribution in [0.2, 0.25) is 0 Å². The van der Waals surface area contributed by atoms with E-state index in [0.29, 0.717) is 11.4 Å². The largest absolute Gasteiger partial charge is 0.397 e. The van der Waals surface area contributed by atoms with Gasteiger partial charge in [0.1, 0.15) is 11.6 Å².